The molecule has 1 aliphatic rings. The number of rotatable bonds is 6. The summed E-state index contributed by atoms with van der Waals surface area (Å²) in [5, 5.41) is 13.7. The van der Waals surface area contributed by atoms with Crippen LogP contribution in [0.1, 0.15) is 55.3 Å². The molecular weight excluding hydrogens is 308 g/mol. The number of aliphatic carboxylic acids is 1. The molecule has 1 aliphatic carbocycles. The van der Waals surface area contributed by atoms with Crippen LogP contribution in [0.15, 0.2) is 24.3 Å². The highest BCUT2D eigenvalue weighted by Gasteiger charge is 2.16. The molecule has 2 rings (SSSR count). The van der Waals surface area contributed by atoms with E-state index in [-0.39, 0.29) is 5.91 Å². The largest absolute Gasteiger partial charge is 0.480 e. The lowest BCUT2D eigenvalue weighted by molar-refractivity contribution is -0.135. The Labute approximate surface area is 141 Å². The van der Waals surface area contributed by atoms with Gasteiger partial charge in [0.25, 0.3) is 5.91 Å². The Morgan fingerprint density at radius 3 is 2.21 bits per heavy atom. The number of carbonyl (C=O) groups is 3. The molecule has 1 fully saturated rings. The van der Waals surface area contributed by atoms with Crippen LogP contribution in [-0.2, 0) is 9.59 Å². The third-order valence-electron chi connectivity index (χ3n) is 4.28. The second-order valence-corrected chi connectivity index (χ2v) is 6.26. The van der Waals surface area contributed by atoms with E-state index in [2.05, 4.69) is 10.6 Å². The number of amides is 2. The zero-order chi connectivity index (χ0) is 17.4. The van der Waals surface area contributed by atoms with Gasteiger partial charge in [0.2, 0.25) is 5.91 Å². The van der Waals surface area contributed by atoms with Gasteiger partial charge in [-0.05, 0) is 43.0 Å². The Morgan fingerprint density at radius 1 is 1.00 bits per heavy atom. The Hall–Kier alpha value is -2.37. The van der Waals surface area contributed by atoms with Gasteiger partial charge in [0.1, 0.15) is 6.54 Å². The highest BCUT2D eigenvalue weighted by molar-refractivity contribution is 5.97. The van der Waals surface area contributed by atoms with E-state index in [0.29, 0.717) is 23.6 Å². The number of nitrogens with one attached hydrogen (secondary N) is 2. The fourth-order valence-electron chi connectivity index (χ4n) is 3.01. The molecule has 0 saturated heterocycles. The topological polar surface area (TPSA) is 95.5 Å². The van der Waals surface area contributed by atoms with Crippen molar-refractivity contribution >= 4 is 23.5 Å². The zero-order valence-corrected chi connectivity index (χ0v) is 13.7. The highest BCUT2D eigenvalue weighted by atomic mass is 16.4. The summed E-state index contributed by atoms with van der Waals surface area (Å²) in [6.45, 7) is -0.418. The summed E-state index contributed by atoms with van der Waals surface area (Å²) in [4.78, 5) is 34.3. The predicted octanol–water partition coefficient (Wildman–Crippen LogP) is 2.80. The molecular formula is C18H24N2O4. The maximum absolute atomic E-state index is 12.1. The first-order chi connectivity index (χ1) is 11.5. The Bertz CT molecular complexity index is 575. The maximum atomic E-state index is 12.1. The minimum atomic E-state index is -1.09. The molecule has 6 heteroatoms. The second-order valence-electron chi connectivity index (χ2n) is 6.26. The Morgan fingerprint density at radius 2 is 1.62 bits per heavy atom. The zero-order valence-electron chi connectivity index (χ0n) is 13.7. The minimum Gasteiger partial charge on any atom is -0.480 e. The van der Waals surface area contributed by atoms with Gasteiger partial charge in [-0.25, -0.2) is 0 Å². The fraction of sp³-hybridized carbons (Fsp3) is 0.500. The molecule has 0 radical (unpaired) electrons. The summed E-state index contributed by atoms with van der Waals surface area (Å²) >= 11 is 0. The summed E-state index contributed by atoms with van der Waals surface area (Å²) in [6, 6.07) is 6.44. The molecule has 24 heavy (non-hydrogen) atoms. The van der Waals surface area contributed by atoms with Gasteiger partial charge in [0.15, 0.2) is 0 Å². The van der Waals surface area contributed by atoms with E-state index in [1.54, 1.807) is 24.3 Å². The average molecular weight is 332 g/mol. The molecule has 2 amide bonds. The number of carboxylic acid groups (broad SMARTS) is 1. The van der Waals surface area contributed by atoms with Crippen LogP contribution >= 0.6 is 0 Å². The molecule has 1 aromatic carbocycles. The Balaban J connectivity index is 1.83. The summed E-state index contributed by atoms with van der Waals surface area (Å²) < 4.78 is 0. The normalized spacial score (nSPS) is 15.3. The van der Waals surface area contributed by atoms with Gasteiger partial charge in [-0.1, -0.05) is 25.7 Å². The summed E-state index contributed by atoms with van der Waals surface area (Å²) in [7, 11) is 0. The number of hydrogen-bond donors (Lipinski definition) is 3. The van der Waals surface area contributed by atoms with Crippen molar-refractivity contribution in [1.82, 2.24) is 5.32 Å². The SMILES string of the molecule is O=C(O)CNC(=O)c1ccc(NC(=O)CC2CCCCCC2)cc1. The predicted molar refractivity (Wildman–Crippen MR) is 90.8 cm³/mol. The van der Waals surface area contributed by atoms with E-state index in [0.717, 1.165) is 12.8 Å². The van der Waals surface area contributed by atoms with Gasteiger partial charge in [-0.2, -0.15) is 0 Å². The van der Waals surface area contributed by atoms with Crippen molar-refractivity contribution in [3.05, 3.63) is 29.8 Å². The van der Waals surface area contributed by atoms with Gasteiger partial charge < -0.3 is 15.7 Å². The number of hydrogen-bond acceptors (Lipinski definition) is 3. The molecule has 6 nitrogen and oxygen atoms in total. The molecule has 1 saturated carbocycles. The average Bonchev–Trinajstić information content (AvgIpc) is 2.81. The van der Waals surface area contributed by atoms with E-state index < -0.39 is 18.4 Å². The molecule has 0 bridgehead atoms. The van der Waals surface area contributed by atoms with Gasteiger partial charge in [-0.3, -0.25) is 14.4 Å². The van der Waals surface area contributed by atoms with E-state index in [9.17, 15) is 14.4 Å². The van der Waals surface area contributed by atoms with Crippen LogP contribution in [-0.4, -0.2) is 29.4 Å². The van der Waals surface area contributed by atoms with E-state index in [4.69, 9.17) is 5.11 Å². The van der Waals surface area contributed by atoms with Crippen LogP contribution in [0.4, 0.5) is 5.69 Å². The van der Waals surface area contributed by atoms with Crippen molar-refractivity contribution in [2.24, 2.45) is 5.92 Å². The molecule has 130 valence electrons. The van der Waals surface area contributed by atoms with Crippen LogP contribution < -0.4 is 10.6 Å². The molecule has 3 N–H and O–H groups in total. The molecule has 0 unspecified atom stereocenters. The number of carboxylic acids is 1. The third-order valence-corrected chi connectivity index (χ3v) is 4.28. The molecule has 0 aliphatic heterocycles. The van der Waals surface area contributed by atoms with Crippen molar-refractivity contribution < 1.29 is 19.5 Å². The van der Waals surface area contributed by atoms with Crippen molar-refractivity contribution in [3.8, 4) is 0 Å². The lowest BCUT2D eigenvalue weighted by Crippen LogP contribution is -2.29. The molecule has 0 atom stereocenters. The lowest BCUT2D eigenvalue weighted by atomic mass is 9.96. The molecule has 0 heterocycles. The second kappa shape index (κ2) is 9.05. The lowest BCUT2D eigenvalue weighted by Gasteiger charge is -2.13. The standard InChI is InChI=1S/C18H24N2O4/c21-16(11-13-5-3-1-2-4-6-13)20-15-9-7-14(8-10-15)18(24)19-12-17(22)23/h7-10,13H,1-6,11-12H2,(H,19,24)(H,20,21)(H,22,23). The van der Waals surface area contributed by atoms with Gasteiger partial charge >= 0.3 is 5.97 Å². The highest BCUT2D eigenvalue weighted by Crippen LogP contribution is 2.25. The van der Waals surface area contributed by atoms with Gasteiger partial charge in [-0.15, -0.1) is 0 Å². The van der Waals surface area contributed by atoms with Crippen molar-refractivity contribution in [1.29, 1.82) is 0 Å². The van der Waals surface area contributed by atoms with Crippen LogP contribution in [0.5, 0.6) is 0 Å². The summed E-state index contributed by atoms with van der Waals surface area (Å²) in [5.74, 6) is -1.07. The van der Waals surface area contributed by atoms with E-state index in [1.165, 1.54) is 25.7 Å². The first-order valence-electron chi connectivity index (χ1n) is 8.44. The number of carbonyl (C=O) groups excluding carboxylic acids is 2. The third kappa shape index (κ3) is 6.02. The fourth-order valence-corrected chi connectivity index (χ4v) is 3.01. The maximum Gasteiger partial charge on any atom is 0.322 e. The van der Waals surface area contributed by atoms with Crippen molar-refractivity contribution in [2.75, 3.05) is 11.9 Å². The van der Waals surface area contributed by atoms with Crippen LogP contribution in [0, 0.1) is 5.92 Å². The van der Waals surface area contributed by atoms with Gasteiger partial charge in [0, 0.05) is 17.7 Å². The van der Waals surface area contributed by atoms with Crippen LogP contribution in [0.2, 0.25) is 0 Å². The van der Waals surface area contributed by atoms with Crippen molar-refractivity contribution in [3.63, 3.8) is 0 Å². The van der Waals surface area contributed by atoms with E-state index >= 15 is 0 Å². The van der Waals surface area contributed by atoms with E-state index in [1.807, 2.05) is 0 Å². The number of benzene rings is 1. The first kappa shape index (κ1) is 18.0. The number of anilines is 1. The smallest absolute Gasteiger partial charge is 0.322 e. The molecule has 0 aromatic heterocycles. The molecule has 1 aromatic rings. The first-order valence-corrected chi connectivity index (χ1v) is 8.44. The van der Waals surface area contributed by atoms with Gasteiger partial charge in [0.05, 0.1) is 0 Å². The minimum absolute atomic E-state index is 0.00461. The Kier molecular flexibility index (Phi) is 6.78. The monoisotopic (exact) mass is 332 g/mol. The van der Waals surface area contributed by atoms with Crippen LogP contribution in [0.25, 0.3) is 0 Å². The van der Waals surface area contributed by atoms with Crippen molar-refractivity contribution in [2.45, 2.75) is 44.9 Å². The molecule has 0 spiro atoms. The summed E-state index contributed by atoms with van der Waals surface area (Å²) in [6.07, 6.45) is 7.73. The quantitative estimate of drug-likeness (QED) is 0.698. The summed E-state index contributed by atoms with van der Waals surface area (Å²) in [5.41, 5.74) is 1.00. The van der Waals surface area contributed by atoms with Crippen LogP contribution in [0.3, 0.4) is 0 Å².